The fraction of sp³-hybridized carbons (Fsp3) is 0.690. The molecule has 1 saturated carbocycles. The second-order valence-corrected chi connectivity index (χ2v) is 13.2. The van der Waals surface area contributed by atoms with Crippen molar-refractivity contribution >= 4 is 53.8 Å². The number of hydrogen-bond donors (Lipinski definition) is 2. The maximum atomic E-state index is 13.7. The molecule has 3 amide bonds. The molecule has 2 heterocycles. The second-order valence-electron chi connectivity index (χ2n) is 11.2. The smallest absolute Gasteiger partial charge is 0.411 e. The summed E-state index contributed by atoms with van der Waals surface area (Å²) in [5, 5.41) is 5.21. The van der Waals surface area contributed by atoms with E-state index in [0.29, 0.717) is 36.4 Å². The van der Waals surface area contributed by atoms with Gasteiger partial charge in [0.05, 0.1) is 12.0 Å². The maximum absolute atomic E-state index is 13.7. The number of hydrazine groups is 1. The number of hydrogen-bond acceptors (Lipinski definition) is 8. The lowest BCUT2D eigenvalue weighted by molar-refractivity contribution is -0.138. The first-order chi connectivity index (χ1) is 19.4. The maximum Gasteiger partial charge on any atom is 0.411 e. The first-order valence-electron chi connectivity index (χ1n) is 14.6. The number of piperazine rings is 1. The Bertz CT molecular complexity index is 962. The number of benzene rings is 1. The third-order valence-electron chi connectivity index (χ3n) is 7.67. The van der Waals surface area contributed by atoms with Crippen molar-refractivity contribution in [2.75, 3.05) is 49.3 Å². The fourth-order valence-corrected chi connectivity index (χ4v) is 7.77. The summed E-state index contributed by atoms with van der Waals surface area (Å²) in [7, 11) is 0. The molecule has 3 fully saturated rings. The third-order valence-corrected chi connectivity index (χ3v) is 9.96. The Morgan fingerprint density at radius 3 is 2.44 bits per heavy atom. The molecule has 3 aliphatic rings. The Balaban J connectivity index is 0.00000462. The minimum atomic E-state index is -0.631. The van der Waals surface area contributed by atoms with Gasteiger partial charge in [0.15, 0.2) is 0 Å². The van der Waals surface area contributed by atoms with Gasteiger partial charge in [0.1, 0.15) is 12.1 Å². The molecule has 4 rings (SSSR count). The molecular weight excluding hydrogens is 582 g/mol. The lowest BCUT2D eigenvalue weighted by Crippen LogP contribution is -2.59. The van der Waals surface area contributed by atoms with Crippen LogP contribution in [0.5, 0.6) is 0 Å². The molecule has 2 aliphatic heterocycles. The summed E-state index contributed by atoms with van der Waals surface area (Å²) >= 11 is 3.30. The van der Waals surface area contributed by atoms with Crippen LogP contribution >= 0.6 is 35.9 Å². The Hall–Kier alpha value is -1.66. The molecule has 230 valence electrons. The van der Waals surface area contributed by atoms with Gasteiger partial charge in [-0.3, -0.25) is 19.9 Å². The zero-order valence-corrected chi connectivity index (χ0v) is 26.7. The summed E-state index contributed by atoms with van der Waals surface area (Å²) in [5.41, 5.74) is 4.68. The number of nitrogens with one attached hydrogen (secondary N) is 2. The van der Waals surface area contributed by atoms with Gasteiger partial charge in [-0.25, -0.2) is 9.80 Å². The van der Waals surface area contributed by atoms with E-state index in [2.05, 4.69) is 27.9 Å². The van der Waals surface area contributed by atoms with E-state index in [1.807, 2.05) is 23.1 Å². The Morgan fingerprint density at radius 1 is 1.05 bits per heavy atom. The van der Waals surface area contributed by atoms with Crippen molar-refractivity contribution in [2.24, 2.45) is 5.92 Å². The molecule has 0 bridgehead atoms. The van der Waals surface area contributed by atoms with Gasteiger partial charge >= 0.3 is 6.09 Å². The van der Waals surface area contributed by atoms with Crippen LogP contribution in [0.4, 0.5) is 4.79 Å². The van der Waals surface area contributed by atoms with Crippen molar-refractivity contribution in [3.8, 4) is 0 Å². The summed E-state index contributed by atoms with van der Waals surface area (Å²) in [6.45, 7) is 7.00. The van der Waals surface area contributed by atoms with Crippen molar-refractivity contribution in [2.45, 2.75) is 70.7 Å². The molecule has 12 heteroatoms. The van der Waals surface area contributed by atoms with Crippen LogP contribution in [0, 0.1) is 5.92 Å². The molecule has 41 heavy (non-hydrogen) atoms. The second kappa shape index (κ2) is 17.5. The minimum Gasteiger partial charge on any atom is -0.447 e. The van der Waals surface area contributed by atoms with E-state index < -0.39 is 18.2 Å². The first-order valence-corrected chi connectivity index (χ1v) is 17.0. The predicted octanol–water partition coefficient (Wildman–Crippen LogP) is 3.98. The number of nitrogens with zero attached hydrogens (tertiary/aromatic N) is 3. The molecule has 2 atom stereocenters. The van der Waals surface area contributed by atoms with Gasteiger partial charge in [-0.15, -0.1) is 24.2 Å². The fourth-order valence-electron chi connectivity index (χ4n) is 5.36. The van der Waals surface area contributed by atoms with E-state index in [-0.39, 0.29) is 30.3 Å². The van der Waals surface area contributed by atoms with Crippen LogP contribution in [0.1, 0.15) is 51.5 Å². The van der Waals surface area contributed by atoms with Crippen LogP contribution in [0.15, 0.2) is 30.3 Å². The normalized spacial score (nSPS) is 20.9. The van der Waals surface area contributed by atoms with E-state index in [1.54, 1.807) is 25.6 Å². The van der Waals surface area contributed by atoms with Gasteiger partial charge in [0.2, 0.25) is 11.8 Å². The number of ether oxygens (including phenoxy) is 1. The highest BCUT2D eigenvalue weighted by Gasteiger charge is 2.38. The standard InChI is InChI=1S/C29H45N5O4S2.ClH/c1-22(2)38-29(37)34-21-40-20-26(34)27(35)31-25(19-39-18-24-11-7-4-8-12-24)28(36)32-13-15-33(16-14-32)30-17-23-9-5-3-6-10-23;/h3,5-6,9-10,22,24-26,30H,4,7-8,11-21H2,1-2H3,(H,31,35);1H/t25-,26-;/m0./s1. The topological polar surface area (TPSA) is 94.2 Å². The Kier molecular flexibility index (Phi) is 14.4. The predicted molar refractivity (Wildman–Crippen MR) is 169 cm³/mol. The molecular formula is C29H46ClN5O4S2. The Labute approximate surface area is 259 Å². The summed E-state index contributed by atoms with van der Waals surface area (Å²) < 4.78 is 5.36. The van der Waals surface area contributed by atoms with Crippen LogP contribution < -0.4 is 10.7 Å². The minimum absolute atomic E-state index is 0. The summed E-state index contributed by atoms with van der Waals surface area (Å²) in [4.78, 5) is 43.1. The molecule has 1 aromatic rings. The van der Waals surface area contributed by atoms with Crippen LogP contribution in [-0.4, -0.2) is 100 Å². The van der Waals surface area contributed by atoms with Crippen molar-refractivity contribution in [1.82, 2.24) is 25.6 Å². The molecule has 1 aliphatic carbocycles. The summed E-state index contributed by atoms with van der Waals surface area (Å²) in [6, 6.07) is 9.02. The van der Waals surface area contributed by atoms with Gasteiger partial charge in [-0.1, -0.05) is 49.6 Å². The zero-order valence-electron chi connectivity index (χ0n) is 24.3. The SMILES string of the molecule is CC(C)OC(=O)N1CSC[C@H]1C(=O)N[C@@H](CSCC1CCCCC1)C(=O)N1CCN(NCc2ccccc2)CC1.Cl. The zero-order chi connectivity index (χ0) is 28.3. The van der Waals surface area contributed by atoms with Crippen LogP contribution in [0.3, 0.4) is 0 Å². The quantitative estimate of drug-likeness (QED) is 0.381. The highest BCUT2D eigenvalue weighted by Crippen LogP contribution is 2.27. The van der Waals surface area contributed by atoms with E-state index in [9.17, 15) is 14.4 Å². The monoisotopic (exact) mass is 627 g/mol. The number of carbonyl (C=O) groups excluding carboxylic acids is 3. The largest absolute Gasteiger partial charge is 0.447 e. The average Bonchev–Trinajstić information content (AvgIpc) is 3.47. The molecule has 0 spiro atoms. The Morgan fingerprint density at radius 2 is 1.76 bits per heavy atom. The molecule has 1 aromatic carbocycles. The van der Waals surface area contributed by atoms with Gasteiger partial charge in [0.25, 0.3) is 0 Å². The highest BCUT2D eigenvalue weighted by molar-refractivity contribution is 7.99. The number of carbonyl (C=O) groups is 3. The number of thioether (sulfide) groups is 2. The van der Waals surface area contributed by atoms with Gasteiger partial charge in [-0.2, -0.15) is 11.8 Å². The van der Waals surface area contributed by atoms with E-state index >= 15 is 0 Å². The molecule has 9 nitrogen and oxygen atoms in total. The van der Waals surface area contributed by atoms with Crippen LogP contribution in [0.2, 0.25) is 0 Å². The molecule has 2 saturated heterocycles. The van der Waals surface area contributed by atoms with Gasteiger partial charge in [0, 0.05) is 44.2 Å². The molecule has 0 aromatic heterocycles. The third kappa shape index (κ3) is 10.5. The number of rotatable bonds is 11. The van der Waals surface area contributed by atoms with Gasteiger partial charge < -0.3 is 15.0 Å². The number of amides is 3. The molecule has 0 radical (unpaired) electrons. The summed E-state index contributed by atoms with van der Waals surface area (Å²) in [6.07, 6.45) is 5.66. The van der Waals surface area contributed by atoms with E-state index in [1.165, 1.54) is 54.3 Å². The lowest BCUT2D eigenvalue weighted by atomic mass is 9.91. The highest BCUT2D eigenvalue weighted by atomic mass is 35.5. The van der Waals surface area contributed by atoms with Crippen molar-refractivity contribution in [3.63, 3.8) is 0 Å². The summed E-state index contributed by atoms with van der Waals surface area (Å²) in [5.74, 6) is 2.86. The van der Waals surface area contributed by atoms with Crippen LogP contribution in [-0.2, 0) is 20.9 Å². The van der Waals surface area contributed by atoms with Crippen molar-refractivity contribution in [1.29, 1.82) is 0 Å². The van der Waals surface area contributed by atoms with Crippen molar-refractivity contribution in [3.05, 3.63) is 35.9 Å². The molecule has 0 unspecified atom stereocenters. The van der Waals surface area contributed by atoms with E-state index in [0.717, 1.165) is 25.4 Å². The van der Waals surface area contributed by atoms with Crippen molar-refractivity contribution < 1.29 is 19.1 Å². The lowest BCUT2D eigenvalue weighted by Gasteiger charge is -2.37. The first kappa shape index (κ1) is 33.8. The average molecular weight is 628 g/mol. The molecule has 2 N–H and O–H groups in total. The number of halogens is 1. The van der Waals surface area contributed by atoms with Crippen LogP contribution in [0.25, 0.3) is 0 Å². The van der Waals surface area contributed by atoms with E-state index in [4.69, 9.17) is 4.74 Å². The van der Waals surface area contributed by atoms with Gasteiger partial charge in [-0.05, 0) is 43.9 Å².